The van der Waals surface area contributed by atoms with Crippen LogP contribution in [0.2, 0.25) is 0 Å². The van der Waals surface area contributed by atoms with Gasteiger partial charge in [-0.3, -0.25) is 0 Å². The normalized spacial score (nSPS) is 47.7. The largest absolute Gasteiger partial charge is 0.391 e. The van der Waals surface area contributed by atoms with Gasteiger partial charge in [-0.15, -0.1) is 0 Å². The van der Waals surface area contributed by atoms with Crippen LogP contribution in [-0.2, 0) is 0 Å². The molecule has 1 unspecified atom stereocenters. The highest BCUT2D eigenvalue weighted by Gasteiger charge is 2.58. The first-order valence-electron chi connectivity index (χ1n) is 14.1. The van der Waals surface area contributed by atoms with Crippen molar-refractivity contribution in [3.63, 3.8) is 0 Å². The Hall–Kier alpha value is -0.850. The van der Waals surface area contributed by atoms with Crippen molar-refractivity contribution in [2.24, 2.45) is 45.8 Å². The van der Waals surface area contributed by atoms with Crippen molar-refractivity contribution in [1.29, 1.82) is 5.26 Å². The average molecular weight is 454 g/mol. The Kier molecular flexibility index (Phi) is 5.85. The first-order chi connectivity index (χ1) is 15.5. The summed E-state index contributed by atoms with van der Waals surface area (Å²) in [5, 5.41) is 31.1. The van der Waals surface area contributed by atoms with Crippen LogP contribution in [0.1, 0.15) is 111 Å². The lowest BCUT2D eigenvalue weighted by Crippen LogP contribution is -2.51. The molecule has 0 aliphatic heterocycles. The van der Waals surface area contributed by atoms with Crippen LogP contribution in [0.4, 0.5) is 0 Å². The summed E-state index contributed by atoms with van der Waals surface area (Å²) in [6.45, 7) is 9.58. The van der Waals surface area contributed by atoms with Gasteiger partial charge in [0.2, 0.25) is 0 Å². The molecule has 0 saturated heterocycles. The number of nitriles is 1. The van der Waals surface area contributed by atoms with Crippen LogP contribution in [0.3, 0.4) is 0 Å². The molecule has 0 amide bonds. The zero-order valence-corrected chi connectivity index (χ0v) is 21.6. The molecule has 3 nitrogen and oxygen atoms in total. The Morgan fingerprint density at radius 1 is 1.06 bits per heavy atom. The maximum atomic E-state index is 10.8. The Labute approximate surface area is 202 Å². The number of nitrogens with zero attached hydrogens (tertiary/aromatic N) is 1. The molecule has 0 aromatic rings. The molecule has 9 atom stereocenters. The molecule has 33 heavy (non-hydrogen) atoms. The van der Waals surface area contributed by atoms with Crippen LogP contribution < -0.4 is 0 Å². The molecule has 5 aliphatic carbocycles. The smallest absolute Gasteiger partial charge is 0.0832 e. The Morgan fingerprint density at radius 3 is 2.48 bits per heavy atom. The molecular weight excluding hydrogens is 406 g/mol. The summed E-state index contributed by atoms with van der Waals surface area (Å²) in [5.74, 6) is 3.52. The summed E-state index contributed by atoms with van der Waals surface area (Å²) in [5.41, 5.74) is 1.53. The van der Waals surface area contributed by atoms with Gasteiger partial charge in [0.25, 0.3) is 0 Å². The number of aliphatic hydroxyl groups excluding tert-OH is 1. The minimum atomic E-state index is -0.469. The lowest BCUT2D eigenvalue weighted by Gasteiger charge is -2.58. The van der Waals surface area contributed by atoms with Crippen molar-refractivity contribution in [1.82, 2.24) is 0 Å². The van der Waals surface area contributed by atoms with E-state index in [1.807, 2.05) is 6.92 Å². The van der Waals surface area contributed by atoms with E-state index in [4.69, 9.17) is 0 Å². The summed E-state index contributed by atoms with van der Waals surface area (Å²) < 4.78 is 0. The van der Waals surface area contributed by atoms with E-state index < -0.39 is 17.1 Å². The van der Waals surface area contributed by atoms with Crippen LogP contribution in [0.15, 0.2) is 11.6 Å². The Balaban J connectivity index is 1.29. The number of hydrogen-bond donors (Lipinski definition) is 2. The highest BCUT2D eigenvalue weighted by Crippen LogP contribution is 2.67. The van der Waals surface area contributed by atoms with Crippen molar-refractivity contribution in [3.05, 3.63) is 11.6 Å². The van der Waals surface area contributed by atoms with E-state index in [0.717, 1.165) is 69.1 Å². The molecule has 5 rings (SSSR count). The van der Waals surface area contributed by atoms with Crippen molar-refractivity contribution in [2.45, 2.75) is 123 Å². The first-order valence-corrected chi connectivity index (χ1v) is 14.1. The fourth-order valence-corrected chi connectivity index (χ4v) is 9.65. The summed E-state index contributed by atoms with van der Waals surface area (Å²) in [6.07, 6.45) is 16.5. The van der Waals surface area contributed by atoms with Crippen molar-refractivity contribution in [2.75, 3.05) is 0 Å². The summed E-state index contributed by atoms with van der Waals surface area (Å²) in [4.78, 5) is 0. The fraction of sp³-hybridized carbons (Fsp3) is 0.900. The predicted octanol–water partition coefficient (Wildman–Crippen LogP) is 6.79. The maximum absolute atomic E-state index is 10.8. The number of rotatable bonds is 5. The minimum absolute atomic E-state index is 0.300. The van der Waals surface area contributed by atoms with Crippen LogP contribution in [0.25, 0.3) is 0 Å². The third kappa shape index (κ3) is 3.65. The zero-order valence-electron chi connectivity index (χ0n) is 21.6. The number of allylic oxidation sites excluding steroid dienone is 2. The molecule has 3 heteroatoms. The van der Waals surface area contributed by atoms with E-state index in [2.05, 4.69) is 32.9 Å². The van der Waals surface area contributed by atoms with Gasteiger partial charge < -0.3 is 10.2 Å². The minimum Gasteiger partial charge on any atom is -0.391 e. The van der Waals surface area contributed by atoms with E-state index in [1.54, 1.807) is 5.57 Å². The molecule has 5 aliphatic rings. The second-order valence-electron chi connectivity index (χ2n) is 13.9. The third-order valence-corrected chi connectivity index (χ3v) is 12.1. The van der Waals surface area contributed by atoms with Gasteiger partial charge in [0, 0.05) is 0 Å². The average Bonchev–Trinajstić information content (AvgIpc) is 3.09. The van der Waals surface area contributed by atoms with E-state index in [0.29, 0.717) is 22.7 Å². The van der Waals surface area contributed by atoms with Gasteiger partial charge >= 0.3 is 0 Å². The van der Waals surface area contributed by atoms with Gasteiger partial charge in [-0.1, -0.05) is 38.8 Å². The number of hydrogen-bond acceptors (Lipinski definition) is 3. The van der Waals surface area contributed by atoms with Crippen LogP contribution in [-0.4, -0.2) is 21.9 Å². The molecule has 2 N–H and O–H groups in total. The zero-order chi connectivity index (χ0) is 23.6. The molecular formula is C30H47NO2. The van der Waals surface area contributed by atoms with E-state index in [9.17, 15) is 15.5 Å². The van der Waals surface area contributed by atoms with Gasteiger partial charge in [-0.25, -0.2) is 0 Å². The van der Waals surface area contributed by atoms with Crippen molar-refractivity contribution in [3.8, 4) is 6.07 Å². The Morgan fingerprint density at radius 2 is 1.82 bits per heavy atom. The molecule has 0 spiro atoms. The second kappa shape index (κ2) is 8.09. The highest BCUT2D eigenvalue weighted by atomic mass is 16.3. The first kappa shape index (κ1) is 23.9. The van der Waals surface area contributed by atoms with Gasteiger partial charge in [0.15, 0.2) is 0 Å². The quantitative estimate of drug-likeness (QED) is 0.451. The summed E-state index contributed by atoms with van der Waals surface area (Å²) in [6, 6.07) is 2.45. The predicted molar refractivity (Wildman–Crippen MR) is 132 cm³/mol. The standard InChI is InChI=1S/C30H47NO2/c1-20(6-11-26(32)30(19-31)13-5-14-30)23-9-10-24-22-8-7-21-18-27(2,33)16-17-28(21,3)25(22)12-15-29(23,24)4/h12,20-24,26,32-33H,5-11,13-18H2,1-4H3/t20-,21+,22+,23?,24+,26-,27+,28+,29-/m1/s1. The van der Waals surface area contributed by atoms with E-state index >= 15 is 0 Å². The van der Waals surface area contributed by atoms with Crippen molar-refractivity contribution >= 4 is 0 Å². The van der Waals surface area contributed by atoms with Gasteiger partial charge in [0.1, 0.15) is 0 Å². The van der Waals surface area contributed by atoms with E-state index in [1.165, 1.54) is 32.1 Å². The lowest BCUT2D eigenvalue weighted by molar-refractivity contribution is -0.0649. The van der Waals surface area contributed by atoms with Crippen LogP contribution in [0.5, 0.6) is 0 Å². The SMILES string of the molecule is C[C@H](CC[C@@H](O)C1(C#N)CCC1)C1CC[C@H]2[C@@H]3CC[C@H]4C[C@@](C)(O)CC[C@]4(C)C3=CC[C@]12C. The second-order valence-corrected chi connectivity index (χ2v) is 13.9. The van der Waals surface area contributed by atoms with Gasteiger partial charge in [-0.05, 0) is 124 Å². The Bertz CT molecular complexity index is 835. The van der Waals surface area contributed by atoms with Crippen molar-refractivity contribution < 1.29 is 10.2 Å². The van der Waals surface area contributed by atoms with E-state index in [-0.39, 0.29) is 0 Å². The molecule has 4 saturated carbocycles. The molecule has 0 aromatic heterocycles. The topological polar surface area (TPSA) is 64.2 Å². The van der Waals surface area contributed by atoms with Crippen LogP contribution in [0, 0.1) is 57.2 Å². The lowest BCUT2D eigenvalue weighted by atomic mass is 9.47. The third-order valence-electron chi connectivity index (χ3n) is 12.1. The number of aliphatic hydroxyl groups is 2. The molecule has 0 aromatic carbocycles. The highest BCUT2D eigenvalue weighted by molar-refractivity contribution is 5.29. The molecule has 0 radical (unpaired) electrons. The summed E-state index contributed by atoms with van der Waals surface area (Å²) in [7, 11) is 0. The maximum Gasteiger partial charge on any atom is 0.0832 e. The molecule has 0 heterocycles. The van der Waals surface area contributed by atoms with Gasteiger partial charge in [0.05, 0.1) is 23.2 Å². The molecule has 0 bridgehead atoms. The van der Waals surface area contributed by atoms with Crippen LogP contribution >= 0.6 is 0 Å². The number of fused-ring (bicyclic) bond motifs is 5. The summed E-state index contributed by atoms with van der Waals surface area (Å²) >= 11 is 0. The molecule has 184 valence electrons. The fourth-order valence-electron chi connectivity index (χ4n) is 9.65. The molecule has 4 fully saturated rings. The monoisotopic (exact) mass is 453 g/mol. The van der Waals surface area contributed by atoms with Gasteiger partial charge in [-0.2, -0.15) is 5.26 Å².